The van der Waals surface area contributed by atoms with Crippen molar-refractivity contribution in [1.82, 2.24) is 10.3 Å². The fraction of sp³-hybridized carbons (Fsp3) is 0.308. The number of hydrogen-bond acceptors (Lipinski definition) is 6. The third-order valence-corrected chi connectivity index (χ3v) is 2.85. The lowest BCUT2D eigenvalue weighted by Gasteiger charge is -2.06. The Kier molecular flexibility index (Phi) is 5.99. The molecule has 1 aromatic heterocycles. The SMILES string of the molecule is C/C(=C\C(CNC(=O)c1cccnc1)=N/O)C(C)[N+](=O)[O-]. The molecule has 0 bridgehead atoms. The Balaban J connectivity index is 2.66. The monoisotopic (exact) mass is 292 g/mol. The zero-order chi connectivity index (χ0) is 15.8. The fourth-order valence-corrected chi connectivity index (χ4v) is 1.43. The first-order chi connectivity index (χ1) is 9.95. The van der Waals surface area contributed by atoms with E-state index in [0.717, 1.165) is 0 Å². The van der Waals surface area contributed by atoms with Crippen molar-refractivity contribution >= 4 is 11.6 Å². The molecule has 0 radical (unpaired) electrons. The van der Waals surface area contributed by atoms with Crippen molar-refractivity contribution in [2.75, 3.05) is 6.54 Å². The lowest BCUT2D eigenvalue weighted by atomic mass is 10.1. The van der Waals surface area contributed by atoms with Crippen molar-refractivity contribution in [3.63, 3.8) is 0 Å². The second-order valence-electron chi connectivity index (χ2n) is 4.37. The Hall–Kier alpha value is -2.77. The second kappa shape index (κ2) is 7.73. The molecule has 0 spiro atoms. The molecule has 21 heavy (non-hydrogen) atoms. The van der Waals surface area contributed by atoms with Crippen LogP contribution in [-0.4, -0.2) is 39.3 Å². The summed E-state index contributed by atoms with van der Waals surface area (Å²) in [7, 11) is 0. The number of nitro groups is 1. The van der Waals surface area contributed by atoms with Crippen LogP contribution in [-0.2, 0) is 0 Å². The van der Waals surface area contributed by atoms with Gasteiger partial charge in [-0.05, 0) is 25.1 Å². The lowest BCUT2D eigenvalue weighted by Crippen LogP contribution is -2.29. The Morgan fingerprint density at radius 1 is 1.67 bits per heavy atom. The van der Waals surface area contributed by atoms with Crippen molar-refractivity contribution in [2.24, 2.45) is 5.16 Å². The molecule has 112 valence electrons. The summed E-state index contributed by atoms with van der Waals surface area (Å²) >= 11 is 0. The Labute approximate surface area is 121 Å². The van der Waals surface area contributed by atoms with Gasteiger partial charge in [0, 0.05) is 29.8 Å². The summed E-state index contributed by atoms with van der Waals surface area (Å²) in [5.41, 5.74) is 0.913. The highest BCUT2D eigenvalue weighted by molar-refractivity contribution is 6.01. The molecule has 8 nitrogen and oxygen atoms in total. The molecule has 1 amide bonds. The molecule has 0 aromatic carbocycles. The molecular weight excluding hydrogens is 276 g/mol. The summed E-state index contributed by atoms with van der Waals surface area (Å²) in [6.45, 7) is 2.93. The van der Waals surface area contributed by atoms with Gasteiger partial charge < -0.3 is 10.5 Å². The van der Waals surface area contributed by atoms with Crippen molar-refractivity contribution < 1.29 is 14.9 Å². The Bertz CT molecular complexity index is 569. The molecule has 0 saturated heterocycles. The van der Waals surface area contributed by atoms with E-state index in [-0.39, 0.29) is 18.2 Å². The average molecular weight is 292 g/mol. The van der Waals surface area contributed by atoms with Crippen LogP contribution in [0.3, 0.4) is 0 Å². The number of amides is 1. The molecule has 1 unspecified atom stereocenters. The van der Waals surface area contributed by atoms with E-state index in [4.69, 9.17) is 5.21 Å². The molecule has 1 atom stereocenters. The van der Waals surface area contributed by atoms with Crippen LogP contribution < -0.4 is 5.32 Å². The van der Waals surface area contributed by atoms with Crippen LogP contribution in [0, 0.1) is 10.1 Å². The molecule has 0 fully saturated rings. The summed E-state index contributed by atoms with van der Waals surface area (Å²) in [5.74, 6) is -0.377. The molecule has 0 saturated carbocycles. The van der Waals surface area contributed by atoms with Gasteiger partial charge in [0.15, 0.2) is 0 Å². The quantitative estimate of drug-likeness (QED) is 0.354. The Morgan fingerprint density at radius 3 is 2.90 bits per heavy atom. The summed E-state index contributed by atoms with van der Waals surface area (Å²) in [6, 6.07) is 2.32. The van der Waals surface area contributed by atoms with Crippen LogP contribution in [0.15, 0.2) is 41.3 Å². The van der Waals surface area contributed by atoms with Gasteiger partial charge in [-0.3, -0.25) is 19.9 Å². The van der Waals surface area contributed by atoms with Gasteiger partial charge >= 0.3 is 0 Å². The molecule has 0 aliphatic rings. The third kappa shape index (κ3) is 5.01. The number of carbonyl (C=O) groups excluding carboxylic acids is 1. The lowest BCUT2D eigenvalue weighted by molar-refractivity contribution is -0.507. The zero-order valence-corrected chi connectivity index (χ0v) is 11.7. The van der Waals surface area contributed by atoms with Gasteiger partial charge in [-0.15, -0.1) is 0 Å². The van der Waals surface area contributed by atoms with Crippen LogP contribution in [0.2, 0.25) is 0 Å². The average Bonchev–Trinajstić information content (AvgIpc) is 2.50. The van der Waals surface area contributed by atoms with E-state index in [1.54, 1.807) is 25.3 Å². The van der Waals surface area contributed by atoms with Crippen molar-refractivity contribution in [2.45, 2.75) is 19.9 Å². The van der Waals surface area contributed by atoms with Gasteiger partial charge in [0.05, 0.1) is 17.8 Å². The van der Waals surface area contributed by atoms with Gasteiger partial charge in [0.1, 0.15) is 0 Å². The second-order valence-corrected chi connectivity index (χ2v) is 4.37. The first kappa shape index (κ1) is 16.3. The maximum Gasteiger partial charge on any atom is 0.253 e. The van der Waals surface area contributed by atoms with E-state index < -0.39 is 11.0 Å². The van der Waals surface area contributed by atoms with Gasteiger partial charge in [0.25, 0.3) is 5.91 Å². The van der Waals surface area contributed by atoms with Crippen LogP contribution in [0.1, 0.15) is 24.2 Å². The van der Waals surface area contributed by atoms with E-state index in [1.807, 2.05) is 0 Å². The number of nitrogens with one attached hydrogen (secondary N) is 1. The molecule has 1 rings (SSSR count). The number of pyridine rings is 1. The van der Waals surface area contributed by atoms with E-state index in [9.17, 15) is 14.9 Å². The maximum absolute atomic E-state index is 11.8. The van der Waals surface area contributed by atoms with E-state index in [0.29, 0.717) is 11.1 Å². The predicted molar refractivity (Wildman–Crippen MR) is 76.0 cm³/mol. The highest BCUT2D eigenvalue weighted by atomic mass is 16.6. The minimum absolute atomic E-state index is 0.0496. The minimum atomic E-state index is -0.893. The van der Waals surface area contributed by atoms with E-state index in [1.165, 1.54) is 19.2 Å². The van der Waals surface area contributed by atoms with E-state index >= 15 is 0 Å². The molecule has 0 aliphatic carbocycles. The van der Waals surface area contributed by atoms with Crippen LogP contribution in [0.4, 0.5) is 0 Å². The highest BCUT2D eigenvalue weighted by Crippen LogP contribution is 2.04. The number of carbonyl (C=O) groups is 1. The summed E-state index contributed by atoms with van der Waals surface area (Å²) in [4.78, 5) is 25.8. The maximum atomic E-state index is 11.8. The van der Waals surface area contributed by atoms with Crippen LogP contribution in [0.5, 0.6) is 0 Å². The van der Waals surface area contributed by atoms with Crippen LogP contribution >= 0.6 is 0 Å². The van der Waals surface area contributed by atoms with Gasteiger partial charge in [-0.25, -0.2) is 0 Å². The van der Waals surface area contributed by atoms with Crippen molar-refractivity contribution in [1.29, 1.82) is 0 Å². The van der Waals surface area contributed by atoms with Gasteiger partial charge in [-0.2, -0.15) is 0 Å². The molecule has 2 N–H and O–H groups in total. The fourth-order valence-electron chi connectivity index (χ4n) is 1.43. The molecule has 0 aliphatic heterocycles. The molecule has 1 heterocycles. The predicted octanol–water partition coefficient (Wildman–Crippen LogP) is 1.25. The summed E-state index contributed by atoms with van der Waals surface area (Å²) in [6.07, 6.45) is 4.32. The van der Waals surface area contributed by atoms with Gasteiger partial charge in [-0.1, -0.05) is 5.16 Å². The number of nitrogens with zero attached hydrogens (tertiary/aromatic N) is 3. The van der Waals surface area contributed by atoms with Crippen molar-refractivity contribution in [3.8, 4) is 0 Å². The first-order valence-corrected chi connectivity index (χ1v) is 6.16. The largest absolute Gasteiger partial charge is 0.411 e. The van der Waals surface area contributed by atoms with E-state index in [2.05, 4.69) is 15.5 Å². The molecular formula is C13H16N4O4. The molecule has 1 aromatic rings. The summed E-state index contributed by atoms with van der Waals surface area (Å²) < 4.78 is 0. The minimum Gasteiger partial charge on any atom is -0.411 e. The first-order valence-electron chi connectivity index (χ1n) is 6.16. The normalized spacial score (nSPS) is 13.6. The molecule has 8 heteroatoms. The van der Waals surface area contributed by atoms with Crippen molar-refractivity contribution in [3.05, 3.63) is 51.9 Å². The smallest absolute Gasteiger partial charge is 0.253 e. The standard InChI is InChI=1S/C13H16N4O4/c1-9(10(2)17(20)21)6-12(16-19)8-15-13(18)11-4-3-5-14-7-11/h3-7,10,19H,8H2,1-2H3,(H,15,18)/b9-6+,16-12+. The third-order valence-electron chi connectivity index (χ3n) is 2.85. The number of oxime groups is 1. The highest BCUT2D eigenvalue weighted by Gasteiger charge is 2.16. The van der Waals surface area contributed by atoms with Crippen LogP contribution in [0.25, 0.3) is 0 Å². The number of rotatable bonds is 6. The Morgan fingerprint density at radius 2 is 2.38 bits per heavy atom. The summed E-state index contributed by atoms with van der Waals surface area (Å²) in [5, 5.41) is 25.1. The number of aromatic nitrogens is 1. The zero-order valence-electron chi connectivity index (χ0n) is 11.7. The topological polar surface area (TPSA) is 118 Å². The number of hydrogen-bond donors (Lipinski definition) is 2. The van der Waals surface area contributed by atoms with Gasteiger partial charge in [0.2, 0.25) is 6.04 Å².